The van der Waals surface area contributed by atoms with E-state index in [1.165, 1.54) is 4.57 Å². The first kappa shape index (κ1) is 15.4. The molecular formula is C12H23N5O2. The van der Waals surface area contributed by atoms with Crippen LogP contribution in [0.3, 0.4) is 0 Å². The highest BCUT2D eigenvalue weighted by Crippen LogP contribution is 1.98. The zero-order valence-electron chi connectivity index (χ0n) is 12.1. The Balaban J connectivity index is 2.34. The third-order valence-electron chi connectivity index (χ3n) is 3.19. The first-order valence-corrected chi connectivity index (χ1v) is 6.52. The van der Waals surface area contributed by atoms with Gasteiger partial charge < -0.3 is 10.2 Å². The van der Waals surface area contributed by atoms with Crippen molar-refractivity contribution in [1.82, 2.24) is 25.0 Å². The van der Waals surface area contributed by atoms with Crippen LogP contribution in [0.1, 0.15) is 19.7 Å². The number of hydrogen-bond donors (Lipinski definition) is 2. The summed E-state index contributed by atoms with van der Waals surface area (Å²) in [5.74, 6) is 0.623. The van der Waals surface area contributed by atoms with Crippen molar-refractivity contribution in [2.24, 2.45) is 13.0 Å². The van der Waals surface area contributed by atoms with Gasteiger partial charge in [-0.1, -0.05) is 13.8 Å². The lowest BCUT2D eigenvalue weighted by Crippen LogP contribution is -2.37. The van der Waals surface area contributed by atoms with E-state index in [0.29, 0.717) is 18.8 Å². The number of carbonyl (C=O) groups excluding carboxylic acids is 1. The van der Waals surface area contributed by atoms with Crippen LogP contribution in [0.2, 0.25) is 0 Å². The van der Waals surface area contributed by atoms with Crippen molar-refractivity contribution in [3.05, 3.63) is 16.3 Å². The Morgan fingerprint density at radius 3 is 2.79 bits per heavy atom. The maximum Gasteiger partial charge on any atom is 0.343 e. The van der Waals surface area contributed by atoms with Crippen molar-refractivity contribution >= 4 is 5.91 Å². The minimum atomic E-state index is -0.237. The highest BCUT2D eigenvalue weighted by molar-refractivity contribution is 5.78. The van der Waals surface area contributed by atoms with Gasteiger partial charge in [-0.3, -0.25) is 9.36 Å². The molecule has 1 rings (SSSR count). The van der Waals surface area contributed by atoms with E-state index >= 15 is 0 Å². The predicted molar refractivity (Wildman–Crippen MR) is 72.9 cm³/mol. The van der Waals surface area contributed by atoms with Crippen molar-refractivity contribution in [2.45, 2.75) is 20.3 Å². The van der Waals surface area contributed by atoms with Crippen LogP contribution >= 0.6 is 0 Å². The molecule has 1 aromatic rings. The van der Waals surface area contributed by atoms with E-state index in [-0.39, 0.29) is 17.5 Å². The van der Waals surface area contributed by atoms with Gasteiger partial charge in [0, 0.05) is 32.5 Å². The molecule has 0 radical (unpaired) electrons. The zero-order valence-corrected chi connectivity index (χ0v) is 12.1. The van der Waals surface area contributed by atoms with Gasteiger partial charge in [0.2, 0.25) is 5.91 Å². The normalized spacial score (nSPS) is 12.7. The molecule has 0 saturated heterocycles. The number of hydrogen-bond acceptors (Lipinski definition) is 4. The molecule has 7 heteroatoms. The van der Waals surface area contributed by atoms with Gasteiger partial charge in [-0.25, -0.2) is 9.89 Å². The minimum absolute atomic E-state index is 0.0286. The lowest BCUT2D eigenvalue weighted by Gasteiger charge is -2.19. The van der Waals surface area contributed by atoms with Crippen LogP contribution in [-0.4, -0.2) is 52.3 Å². The number of aromatic nitrogens is 3. The summed E-state index contributed by atoms with van der Waals surface area (Å²) in [6, 6.07) is 0. The van der Waals surface area contributed by atoms with Crippen molar-refractivity contribution in [1.29, 1.82) is 0 Å². The molecule has 0 spiro atoms. The maximum absolute atomic E-state index is 11.8. The smallest absolute Gasteiger partial charge is 0.343 e. The van der Waals surface area contributed by atoms with Crippen molar-refractivity contribution < 1.29 is 4.79 Å². The van der Waals surface area contributed by atoms with Crippen LogP contribution in [-0.2, 0) is 18.3 Å². The average Bonchev–Trinajstić information content (AvgIpc) is 2.70. The summed E-state index contributed by atoms with van der Waals surface area (Å²) < 4.78 is 1.44. The largest absolute Gasteiger partial charge is 0.355 e. The molecule has 7 nitrogen and oxygen atoms in total. The van der Waals surface area contributed by atoms with Crippen LogP contribution in [0.15, 0.2) is 4.79 Å². The molecule has 0 fully saturated rings. The number of aromatic amines is 1. The van der Waals surface area contributed by atoms with E-state index in [2.05, 4.69) is 27.3 Å². The summed E-state index contributed by atoms with van der Waals surface area (Å²) in [5.41, 5.74) is -0.237. The van der Waals surface area contributed by atoms with E-state index < -0.39 is 0 Å². The second kappa shape index (κ2) is 7.08. The zero-order chi connectivity index (χ0) is 14.4. The highest BCUT2D eigenvalue weighted by Gasteiger charge is 2.14. The summed E-state index contributed by atoms with van der Waals surface area (Å²) >= 11 is 0. The third-order valence-corrected chi connectivity index (χ3v) is 3.19. The fraction of sp³-hybridized carbons (Fsp3) is 0.750. The standard InChI is InChI=1S/C12H23N5O2/c1-5-16(3)8-9(2)11(18)13-7-6-10-14-15-12(19)17(10)4/h9H,5-8H2,1-4H3,(H,13,18)(H,15,19)/t9-/m1/s1. The summed E-state index contributed by atoms with van der Waals surface area (Å²) in [6.07, 6.45) is 0.539. The Labute approximate surface area is 113 Å². The van der Waals surface area contributed by atoms with E-state index in [4.69, 9.17) is 0 Å². The number of H-pyrrole nitrogens is 1. The molecule has 1 aromatic heterocycles. The van der Waals surface area contributed by atoms with Gasteiger partial charge in [0.25, 0.3) is 0 Å². The Hall–Kier alpha value is -1.63. The molecule has 0 aliphatic carbocycles. The number of rotatable bonds is 7. The van der Waals surface area contributed by atoms with E-state index in [0.717, 1.165) is 13.1 Å². The highest BCUT2D eigenvalue weighted by atomic mass is 16.2. The number of nitrogens with zero attached hydrogens (tertiary/aromatic N) is 3. The molecule has 108 valence electrons. The fourth-order valence-corrected chi connectivity index (χ4v) is 1.75. The maximum atomic E-state index is 11.8. The van der Waals surface area contributed by atoms with Gasteiger partial charge in [0.15, 0.2) is 0 Å². The first-order valence-electron chi connectivity index (χ1n) is 6.52. The Morgan fingerprint density at radius 2 is 2.26 bits per heavy atom. The van der Waals surface area contributed by atoms with Gasteiger partial charge in [-0.15, -0.1) is 0 Å². The molecular weight excluding hydrogens is 246 g/mol. The topological polar surface area (TPSA) is 83.0 Å². The Morgan fingerprint density at radius 1 is 1.58 bits per heavy atom. The van der Waals surface area contributed by atoms with Gasteiger partial charge in [0.05, 0.1) is 0 Å². The van der Waals surface area contributed by atoms with Crippen molar-refractivity contribution in [3.63, 3.8) is 0 Å². The molecule has 1 amide bonds. The van der Waals surface area contributed by atoms with E-state index in [9.17, 15) is 9.59 Å². The van der Waals surface area contributed by atoms with E-state index in [1.54, 1.807) is 7.05 Å². The molecule has 1 atom stereocenters. The molecule has 0 aromatic carbocycles. The van der Waals surface area contributed by atoms with Crippen LogP contribution in [0.4, 0.5) is 0 Å². The van der Waals surface area contributed by atoms with Crippen molar-refractivity contribution in [2.75, 3.05) is 26.7 Å². The van der Waals surface area contributed by atoms with Crippen LogP contribution < -0.4 is 11.0 Å². The second-order valence-electron chi connectivity index (χ2n) is 4.80. The third kappa shape index (κ3) is 4.51. The predicted octanol–water partition coefficient (Wildman–Crippen LogP) is -0.645. The van der Waals surface area contributed by atoms with Crippen LogP contribution in [0.5, 0.6) is 0 Å². The second-order valence-corrected chi connectivity index (χ2v) is 4.80. The Bertz CT molecular complexity index is 465. The Kier molecular flexibility index (Phi) is 5.75. The number of amides is 1. The number of carbonyl (C=O) groups is 1. The van der Waals surface area contributed by atoms with Gasteiger partial charge in [0.1, 0.15) is 5.82 Å². The van der Waals surface area contributed by atoms with Crippen molar-refractivity contribution in [3.8, 4) is 0 Å². The summed E-state index contributed by atoms with van der Waals surface area (Å²) in [5, 5.41) is 9.12. The molecule has 0 unspecified atom stereocenters. The average molecular weight is 269 g/mol. The molecule has 1 heterocycles. The number of nitrogens with one attached hydrogen (secondary N) is 2. The molecule has 0 aliphatic rings. The minimum Gasteiger partial charge on any atom is -0.355 e. The lowest BCUT2D eigenvalue weighted by molar-refractivity contribution is -0.124. The molecule has 0 saturated carbocycles. The van der Waals surface area contributed by atoms with Crippen LogP contribution in [0.25, 0.3) is 0 Å². The van der Waals surface area contributed by atoms with Gasteiger partial charge in [-0.2, -0.15) is 5.10 Å². The quantitative estimate of drug-likeness (QED) is 0.689. The summed E-state index contributed by atoms with van der Waals surface area (Å²) in [6.45, 7) is 6.11. The molecule has 2 N–H and O–H groups in total. The fourth-order valence-electron chi connectivity index (χ4n) is 1.75. The lowest BCUT2D eigenvalue weighted by atomic mass is 10.1. The first-order chi connectivity index (χ1) is 8.95. The summed E-state index contributed by atoms with van der Waals surface area (Å²) in [4.78, 5) is 25.1. The SMILES string of the molecule is CCN(C)C[C@@H](C)C(=O)NCCc1n[nH]c(=O)n1C. The molecule has 0 bridgehead atoms. The van der Waals surface area contributed by atoms with Crippen LogP contribution in [0, 0.1) is 5.92 Å². The monoisotopic (exact) mass is 269 g/mol. The van der Waals surface area contributed by atoms with Gasteiger partial charge in [-0.05, 0) is 13.6 Å². The van der Waals surface area contributed by atoms with E-state index in [1.807, 2.05) is 14.0 Å². The summed E-state index contributed by atoms with van der Waals surface area (Å²) in [7, 11) is 3.64. The molecule has 0 aliphatic heterocycles. The van der Waals surface area contributed by atoms with Gasteiger partial charge >= 0.3 is 5.69 Å². The molecule has 19 heavy (non-hydrogen) atoms.